The number of alkyl halides is 1. The van der Waals surface area contributed by atoms with E-state index in [0.29, 0.717) is 0 Å². The lowest BCUT2D eigenvalue weighted by Gasteiger charge is -1.67. The number of halogens is 3. The van der Waals surface area contributed by atoms with Crippen molar-refractivity contribution in [1.29, 1.82) is 0 Å². The fourth-order valence-corrected chi connectivity index (χ4v) is 0. The average Bonchev–Trinajstić information content (AvgIpc) is 1.94. The standard InChI is InChI=1S/C4H9.CH3Br.2ClH.2Mg.2H/c1-3-4-2;1-2;;;;;;/h1,3-4H2,2H3;1H3;2*1H;;;;/q;;;;;+2;;/p-2. The summed E-state index contributed by atoms with van der Waals surface area (Å²) in [5.41, 5.74) is 0. The monoisotopic (exact) mass is 271 g/mol. The van der Waals surface area contributed by atoms with Gasteiger partial charge in [0.15, 0.2) is 0 Å². The van der Waals surface area contributed by atoms with E-state index in [2.05, 4.69) is 29.8 Å². The normalized spacial score (nSPS) is 4.60. The molecule has 5 heteroatoms. The van der Waals surface area contributed by atoms with Crippen LogP contribution in [0.2, 0.25) is 0 Å². The summed E-state index contributed by atoms with van der Waals surface area (Å²) < 4.78 is 0. The molecule has 0 fully saturated rings. The molecule has 0 amide bonds. The number of hydrogen-bond donors (Lipinski definition) is 0. The first-order valence-corrected chi connectivity index (χ1v) is 8.48. The molecule has 1 radical (unpaired) electrons. The van der Waals surface area contributed by atoms with Crippen LogP contribution in [0.4, 0.5) is 0 Å². The van der Waals surface area contributed by atoms with Gasteiger partial charge in [0.2, 0.25) is 0 Å². The fourth-order valence-electron chi connectivity index (χ4n) is 0. The maximum absolute atomic E-state index is 4.90. The Bertz CT molecular complexity index is 25.1. The molecular weight excluding hydrogens is 259 g/mol. The van der Waals surface area contributed by atoms with Crippen LogP contribution in [-0.4, -0.2) is 47.0 Å². The Morgan fingerprint density at radius 2 is 1.50 bits per heavy atom. The molecule has 0 aliphatic heterocycles. The zero-order valence-corrected chi connectivity index (χ0v) is 10.5. The summed E-state index contributed by atoms with van der Waals surface area (Å²) in [6, 6.07) is 0. The van der Waals surface area contributed by atoms with Gasteiger partial charge in [-0.1, -0.05) is 42.6 Å². The van der Waals surface area contributed by atoms with Crippen molar-refractivity contribution in [3.63, 3.8) is 0 Å². The molecule has 0 aromatic rings. The summed E-state index contributed by atoms with van der Waals surface area (Å²) in [6.07, 6.45) is 2.28. The third-order valence-electron chi connectivity index (χ3n) is 0.354. The summed E-state index contributed by atoms with van der Waals surface area (Å²) >= 11 is 2.30. The molecule has 0 saturated heterocycles. The van der Waals surface area contributed by atoms with Crippen molar-refractivity contribution < 1.29 is 0 Å². The molecule has 0 N–H and O–H groups in total. The van der Waals surface area contributed by atoms with Gasteiger partial charge < -0.3 is 18.1 Å². The Morgan fingerprint density at radius 1 is 1.40 bits per heavy atom. The number of hydrogen-bond acceptors (Lipinski definition) is 0. The summed E-state index contributed by atoms with van der Waals surface area (Å²) in [5.74, 6) is 1.81. The van der Waals surface area contributed by atoms with Crippen LogP contribution in [0.1, 0.15) is 19.8 Å². The van der Waals surface area contributed by atoms with Crippen LogP contribution >= 0.6 is 34.1 Å². The Kier molecular flexibility index (Phi) is 95.3. The van der Waals surface area contributed by atoms with Crippen molar-refractivity contribution in [3.8, 4) is 0 Å². The van der Waals surface area contributed by atoms with Gasteiger partial charge in [-0.2, -0.15) is 0 Å². The molecule has 0 aromatic carbocycles. The van der Waals surface area contributed by atoms with Gasteiger partial charge in [-0.05, 0) is 5.83 Å². The number of rotatable bonds is 1. The van der Waals surface area contributed by atoms with E-state index in [-0.39, 0.29) is 23.1 Å². The molecule has 0 bridgehead atoms. The smallest absolute Gasteiger partial charge is 0.309 e. The predicted molar refractivity (Wildman–Crippen MR) is 61.1 cm³/mol. The molecule has 0 unspecified atom stereocenters. The minimum atomic E-state index is -0.639. The van der Waals surface area contributed by atoms with E-state index in [9.17, 15) is 0 Å². The van der Waals surface area contributed by atoms with Gasteiger partial charge in [-0.25, -0.2) is 0 Å². The Hall–Kier alpha value is 2.59. The lowest BCUT2D eigenvalue weighted by molar-refractivity contribution is 0.956. The van der Waals surface area contributed by atoms with Gasteiger partial charge in [0, 0.05) is 0 Å². The summed E-state index contributed by atoms with van der Waals surface area (Å²) in [5, 5.41) is 0. The van der Waals surface area contributed by atoms with E-state index in [1.54, 1.807) is 0 Å². The molecule has 59 valence electrons. The topological polar surface area (TPSA) is 0 Å². The van der Waals surface area contributed by atoms with Crippen molar-refractivity contribution in [3.05, 3.63) is 6.92 Å². The fraction of sp³-hybridized carbons (Fsp3) is 0.800. The van der Waals surface area contributed by atoms with Crippen LogP contribution in [0.25, 0.3) is 0 Å². The SMILES string of the molecule is CBr.[CH2]CCC.[Cl][Mg][Cl].[MgH2]. The highest BCUT2D eigenvalue weighted by atomic mass is 79.9. The van der Waals surface area contributed by atoms with Gasteiger partial charge in [0.05, 0.1) is 0 Å². The zero-order chi connectivity index (χ0) is 8.12. The summed E-state index contributed by atoms with van der Waals surface area (Å²) in [4.78, 5) is 0. The van der Waals surface area contributed by atoms with Crippen molar-refractivity contribution >= 4 is 75.3 Å². The first-order chi connectivity index (χ1) is 4.33. The first-order valence-electron chi connectivity index (χ1n) is 2.62. The Balaban J connectivity index is -0.0000000273. The molecule has 0 aliphatic carbocycles. The molecular formula is C5H14BrCl2Mg2. The molecule has 0 saturated carbocycles. The van der Waals surface area contributed by atoms with E-state index in [1.165, 1.54) is 6.42 Å². The van der Waals surface area contributed by atoms with Crippen LogP contribution in [0.15, 0.2) is 0 Å². The maximum Gasteiger partial charge on any atom is 0.618 e. The maximum atomic E-state index is 4.90. The van der Waals surface area contributed by atoms with Crippen LogP contribution in [0.3, 0.4) is 0 Å². The predicted octanol–water partition coefficient (Wildman–Crippen LogP) is 2.71. The molecule has 0 spiro atoms. The molecule has 0 heterocycles. The van der Waals surface area contributed by atoms with E-state index < -0.39 is 18.2 Å². The first kappa shape index (κ1) is 22.9. The van der Waals surface area contributed by atoms with E-state index in [4.69, 9.17) is 18.1 Å². The highest BCUT2D eigenvalue weighted by Gasteiger charge is 1.64. The molecule has 10 heavy (non-hydrogen) atoms. The van der Waals surface area contributed by atoms with Crippen LogP contribution in [-0.2, 0) is 0 Å². The van der Waals surface area contributed by atoms with Crippen molar-refractivity contribution in [2.45, 2.75) is 19.8 Å². The second-order valence-electron chi connectivity index (χ2n) is 0.955. The third-order valence-corrected chi connectivity index (χ3v) is 0.354. The number of unbranched alkanes of at least 4 members (excludes halogenated alkanes) is 1. The van der Waals surface area contributed by atoms with E-state index in [0.717, 1.165) is 6.42 Å². The molecule has 0 aliphatic rings. The summed E-state index contributed by atoms with van der Waals surface area (Å²) in [7, 11) is 9.81. The largest absolute Gasteiger partial charge is 0.618 e. The molecule has 0 nitrogen and oxygen atoms in total. The zero-order valence-electron chi connectivity index (χ0n) is 5.96. The average molecular weight is 274 g/mol. The van der Waals surface area contributed by atoms with Crippen LogP contribution in [0, 0.1) is 6.92 Å². The van der Waals surface area contributed by atoms with Gasteiger partial charge in [-0.3, -0.25) is 0 Å². The van der Waals surface area contributed by atoms with Crippen molar-refractivity contribution in [2.24, 2.45) is 0 Å². The van der Waals surface area contributed by atoms with Gasteiger partial charge in [-0.15, -0.1) is 0 Å². The minimum Gasteiger partial charge on any atom is -0.309 e. The second-order valence-corrected chi connectivity index (χ2v) is 3.58. The Labute approximate surface area is 106 Å². The van der Waals surface area contributed by atoms with Gasteiger partial charge in [0.1, 0.15) is 0 Å². The lowest BCUT2D eigenvalue weighted by Crippen LogP contribution is -1.48. The van der Waals surface area contributed by atoms with Crippen LogP contribution < -0.4 is 0 Å². The lowest BCUT2D eigenvalue weighted by atomic mass is 10.4. The van der Waals surface area contributed by atoms with Crippen LogP contribution in [0.5, 0.6) is 0 Å². The minimum absolute atomic E-state index is 0. The highest BCUT2D eigenvalue weighted by molar-refractivity contribution is 9.08. The molecule has 0 aromatic heterocycles. The van der Waals surface area contributed by atoms with E-state index >= 15 is 0 Å². The van der Waals surface area contributed by atoms with Crippen molar-refractivity contribution in [2.75, 3.05) is 5.83 Å². The highest BCUT2D eigenvalue weighted by Crippen LogP contribution is 1.76. The van der Waals surface area contributed by atoms with Gasteiger partial charge in [0.25, 0.3) is 0 Å². The third kappa shape index (κ3) is 75.5. The van der Waals surface area contributed by atoms with E-state index in [1.807, 2.05) is 5.83 Å². The summed E-state index contributed by atoms with van der Waals surface area (Å²) in [6.45, 7) is 5.72. The second kappa shape index (κ2) is 41.6. The molecule has 0 rings (SSSR count). The van der Waals surface area contributed by atoms with Crippen molar-refractivity contribution in [1.82, 2.24) is 0 Å². The molecule has 0 atom stereocenters. The van der Waals surface area contributed by atoms with Gasteiger partial charge >= 0.3 is 41.2 Å². The Morgan fingerprint density at radius 3 is 1.50 bits per heavy atom. The quantitative estimate of drug-likeness (QED) is 0.509.